The van der Waals surface area contributed by atoms with Gasteiger partial charge in [-0.05, 0) is 65.4 Å². The lowest BCUT2D eigenvalue weighted by Gasteiger charge is -2.37. The second-order valence-corrected chi connectivity index (χ2v) is 14.0. The maximum atomic E-state index is 13.3. The van der Waals surface area contributed by atoms with Crippen LogP contribution in [-0.4, -0.2) is 49.2 Å². The molecule has 2 aliphatic heterocycles. The molecule has 0 saturated carbocycles. The van der Waals surface area contributed by atoms with E-state index in [4.69, 9.17) is 9.47 Å². The van der Waals surface area contributed by atoms with Gasteiger partial charge in [-0.1, -0.05) is 131 Å². The summed E-state index contributed by atoms with van der Waals surface area (Å²) in [7, 11) is 0. The summed E-state index contributed by atoms with van der Waals surface area (Å²) >= 11 is 3.50. The maximum absolute atomic E-state index is 13.3. The van der Waals surface area contributed by atoms with E-state index >= 15 is 0 Å². The Balaban J connectivity index is 0.000000187. The molecule has 5 aromatic rings. The van der Waals surface area contributed by atoms with Crippen LogP contribution in [0, 0.1) is 0 Å². The minimum Gasteiger partial charge on any atom is -0.371 e. The van der Waals surface area contributed by atoms with Crippen LogP contribution in [0.4, 0.5) is 13.2 Å². The summed E-state index contributed by atoms with van der Waals surface area (Å²) in [6.07, 6.45) is -4.17. The highest BCUT2D eigenvalue weighted by atomic mass is 79.9. The monoisotopic (exact) mass is 756 g/mol. The molecule has 0 radical (unpaired) electrons. The van der Waals surface area contributed by atoms with Crippen molar-refractivity contribution in [3.8, 4) is 11.1 Å². The minimum absolute atomic E-state index is 0.0281. The van der Waals surface area contributed by atoms with Gasteiger partial charge in [0.1, 0.15) is 0 Å². The van der Waals surface area contributed by atoms with Crippen LogP contribution in [0.25, 0.3) is 11.1 Å². The Labute approximate surface area is 308 Å². The second-order valence-electron chi connectivity index (χ2n) is 13.1. The van der Waals surface area contributed by atoms with Crippen molar-refractivity contribution in [1.82, 2.24) is 9.80 Å². The molecule has 2 aliphatic rings. The Bertz CT molecular complexity index is 1800. The summed E-state index contributed by atoms with van der Waals surface area (Å²) in [5.74, 6) is 0. The second kappa shape index (κ2) is 17.2. The van der Waals surface area contributed by atoms with Crippen LogP contribution in [0.2, 0.25) is 0 Å². The molecule has 266 valence electrons. The zero-order chi connectivity index (χ0) is 35.8. The Kier molecular flexibility index (Phi) is 12.4. The molecule has 5 aromatic carbocycles. The van der Waals surface area contributed by atoms with Gasteiger partial charge in [-0.3, -0.25) is 9.80 Å². The van der Waals surface area contributed by atoms with E-state index < -0.39 is 11.7 Å². The number of morpholine rings is 2. The van der Waals surface area contributed by atoms with Crippen molar-refractivity contribution in [3.05, 3.63) is 166 Å². The average Bonchev–Trinajstić information content (AvgIpc) is 3.18. The van der Waals surface area contributed by atoms with Gasteiger partial charge in [0.25, 0.3) is 0 Å². The van der Waals surface area contributed by atoms with E-state index in [1.807, 2.05) is 30.3 Å². The SMILES string of the molecule is CC(c1ccc(-c2ccccc2C(F)(F)F)cc1)N1CCOC(c2ccccc2)C1.CC(c1ccc(Br)cc1)N1CCOC(c2ccccc2)C1. The quantitative estimate of drug-likeness (QED) is 0.165. The molecule has 4 nitrogen and oxygen atoms in total. The zero-order valence-corrected chi connectivity index (χ0v) is 30.6. The molecule has 0 N–H and O–H groups in total. The van der Waals surface area contributed by atoms with Gasteiger partial charge in [-0.25, -0.2) is 0 Å². The van der Waals surface area contributed by atoms with Gasteiger partial charge in [0.2, 0.25) is 0 Å². The first-order valence-electron chi connectivity index (χ1n) is 17.5. The van der Waals surface area contributed by atoms with E-state index in [0.29, 0.717) is 18.2 Å². The lowest BCUT2D eigenvalue weighted by Crippen LogP contribution is -2.39. The highest BCUT2D eigenvalue weighted by Gasteiger charge is 2.33. The smallest absolute Gasteiger partial charge is 0.371 e. The minimum atomic E-state index is -4.37. The van der Waals surface area contributed by atoms with Gasteiger partial charge in [0.15, 0.2) is 0 Å². The molecule has 0 amide bonds. The van der Waals surface area contributed by atoms with Crippen molar-refractivity contribution in [2.45, 2.75) is 44.3 Å². The van der Waals surface area contributed by atoms with E-state index in [1.54, 1.807) is 18.2 Å². The van der Waals surface area contributed by atoms with Crippen molar-refractivity contribution < 1.29 is 22.6 Å². The maximum Gasteiger partial charge on any atom is 0.417 e. The van der Waals surface area contributed by atoms with Crippen molar-refractivity contribution >= 4 is 15.9 Å². The number of rotatable bonds is 7. The predicted octanol–water partition coefficient (Wildman–Crippen LogP) is 11.1. The van der Waals surface area contributed by atoms with Gasteiger partial charge in [-0.15, -0.1) is 0 Å². The molecule has 0 spiro atoms. The molecule has 0 aromatic heterocycles. The fraction of sp³-hybridized carbons (Fsp3) is 0.302. The predicted molar refractivity (Wildman–Crippen MR) is 201 cm³/mol. The van der Waals surface area contributed by atoms with Crippen molar-refractivity contribution in [3.63, 3.8) is 0 Å². The highest BCUT2D eigenvalue weighted by molar-refractivity contribution is 9.10. The van der Waals surface area contributed by atoms with Crippen LogP contribution in [0.3, 0.4) is 0 Å². The van der Waals surface area contributed by atoms with Gasteiger partial charge < -0.3 is 9.47 Å². The van der Waals surface area contributed by atoms with Crippen molar-refractivity contribution in [2.75, 3.05) is 39.4 Å². The summed E-state index contributed by atoms with van der Waals surface area (Å²) in [5, 5.41) is 0. The van der Waals surface area contributed by atoms with Crippen LogP contribution >= 0.6 is 15.9 Å². The number of hydrogen-bond acceptors (Lipinski definition) is 4. The first-order chi connectivity index (χ1) is 24.7. The molecule has 4 unspecified atom stereocenters. The summed E-state index contributed by atoms with van der Waals surface area (Å²) in [6.45, 7) is 9.39. The number of nitrogens with zero attached hydrogens (tertiary/aromatic N) is 2. The van der Waals surface area contributed by atoms with Crippen molar-refractivity contribution in [2.24, 2.45) is 0 Å². The normalized spacial score (nSPS) is 19.8. The number of hydrogen-bond donors (Lipinski definition) is 0. The Hall–Kier alpha value is -3.79. The number of ether oxygens (including phenoxy) is 2. The molecule has 7 rings (SSSR count). The number of alkyl halides is 3. The topological polar surface area (TPSA) is 24.9 Å². The highest BCUT2D eigenvalue weighted by Crippen LogP contribution is 2.38. The van der Waals surface area contributed by atoms with Gasteiger partial charge in [-0.2, -0.15) is 13.2 Å². The zero-order valence-electron chi connectivity index (χ0n) is 29.0. The van der Waals surface area contributed by atoms with Gasteiger partial charge in [0, 0.05) is 42.7 Å². The van der Waals surface area contributed by atoms with E-state index in [9.17, 15) is 13.2 Å². The van der Waals surface area contributed by atoms with Crippen LogP contribution in [-0.2, 0) is 15.7 Å². The molecule has 8 heteroatoms. The molecular weight excluding hydrogens is 713 g/mol. The molecule has 2 saturated heterocycles. The van der Waals surface area contributed by atoms with Crippen LogP contribution in [0.15, 0.2) is 138 Å². The van der Waals surface area contributed by atoms with Gasteiger partial charge >= 0.3 is 6.18 Å². The van der Waals surface area contributed by atoms with E-state index in [0.717, 1.165) is 54.5 Å². The van der Waals surface area contributed by atoms with Gasteiger partial charge in [0.05, 0.1) is 31.0 Å². The summed E-state index contributed by atoms with van der Waals surface area (Å²) < 4.78 is 53.1. The summed E-state index contributed by atoms with van der Waals surface area (Å²) in [5.41, 5.74) is 5.04. The van der Waals surface area contributed by atoms with E-state index in [1.165, 1.54) is 23.3 Å². The lowest BCUT2D eigenvalue weighted by molar-refractivity contribution is -0.137. The summed E-state index contributed by atoms with van der Waals surface area (Å²) in [4.78, 5) is 4.87. The van der Waals surface area contributed by atoms with Crippen molar-refractivity contribution in [1.29, 1.82) is 0 Å². The molecular formula is C43H44BrF3N2O2. The molecule has 2 fully saturated rings. The first-order valence-corrected chi connectivity index (χ1v) is 18.3. The summed E-state index contributed by atoms with van der Waals surface area (Å²) in [6, 6.07) is 43.0. The van der Waals surface area contributed by atoms with E-state index in [2.05, 4.69) is 106 Å². The molecule has 51 heavy (non-hydrogen) atoms. The molecule has 0 bridgehead atoms. The average molecular weight is 758 g/mol. The van der Waals surface area contributed by atoms with Crippen LogP contribution in [0.5, 0.6) is 0 Å². The molecule has 2 heterocycles. The third-order valence-corrected chi connectivity index (χ3v) is 10.5. The standard InChI is InChI=1S/C25H24F3NO.C18H20BrNO/c1-18(29-15-16-30-24(17-29)21-7-3-2-4-8-21)19-11-13-20(14-12-19)22-9-5-6-10-23(22)25(26,27)28;1-14(15-7-9-17(19)10-8-15)20-11-12-21-18(13-20)16-5-3-2-4-6-16/h2-14,18,24H,15-17H2,1H3;2-10,14,18H,11-13H2,1H3. The fourth-order valence-electron chi connectivity index (χ4n) is 6.87. The fourth-order valence-corrected chi connectivity index (χ4v) is 7.13. The first kappa shape index (κ1) is 37.0. The van der Waals surface area contributed by atoms with Crippen LogP contribution < -0.4 is 0 Å². The number of halogens is 4. The Morgan fingerprint density at radius 2 is 1.02 bits per heavy atom. The third-order valence-electron chi connectivity index (χ3n) is 9.92. The van der Waals surface area contributed by atoms with Crippen LogP contribution in [0.1, 0.15) is 66.0 Å². The Morgan fingerprint density at radius 1 is 0.588 bits per heavy atom. The largest absolute Gasteiger partial charge is 0.417 e. The molecule has 0 aliphatic carbocycles. The Morgan fingerprint density at radius 3 is 1.49 bits per heavy atom. The molecule has 4 atom stereocenters. The van der Waals surface area contributed by atoms with E-state index in [-0.39, 0.29) is 23.8 Å². The number of benzene rings is 5. The third kappa shape index (κ3) is 9.56. The lowest BCUT2D eigenvalue weighted by atomic mass is 9.96.